The fourth-order valence-corrected chi connectivity index (χ4v) is 2.90. The molecule has 2 rings (SSSR count). The lowest BCUT2D eigenvalue weighted by atomic mass is 9.86. The molecule has 2 nitrogen and oxygen atoms in total. The molecule has 0 unspecified atom stereocenters. The first kappa shape index (κ1) is 10.4. The van der Waals surface area contributed by atoms with E-state index in [0.29, 0.717) is 0 Å². The SMILES string of the molecule is CCC1CN(C2CCC(NC)CC2)C1. The maximum Gasteiger partial charge on any atom is 0.00966 e. The number of nitrogens with zero attached hydrogens (tertiary/aromatic N) is 1. The van der Waals surface area contributed by atoms with Gasteiger partial charge in [-0.05, 0) is 38.6 Å². The van der Waals surface area contributed by atoms with Gasteiger partial charge in [-0.25, -0.2) is 0 Å². The molecule has 2 fully saturated rings. The van der Waals surface area contributed by atoms with E-state index in [1.54, 1.807) is 0 Å². The van der Waals surface area contributed by atoms with Gasteiger partial charge in [0.2, 0.25) is 0 Å². The molecule has 0 aromatic rings. The van der Waals surface area contributed by atoms with Crippen molar-refractivity contribution in [2.75, 3.05) is 20.1 Å². The Balaban J connectivity index is 1.69. The number of nitrogens with one attached hydrogen (secondary N) is 1. The van der Waals surface area contributed by atoms with Crippen LogP contribution >= 0.6 is 0 Å². The van der Waals surface area contributed by atoms with Crippen LogP contribution in [0.25, 0.3) is 0 Å². The molecule has 0 atom stereocenters. The third-order valence-electron chi connectivity index (χ3n) is 4.18. The minimum atomic E-state index is 0.800. The van der Waals surface area contributed by atoms with Crippen molar-refractivity contribution in [1.29, 1.82) is 0 Å². The van der Waals surface area contributed by atoms with Crippen LogP contribution in [0.5, 0.6) is 0 Å². The molecular formula is C12H24N2. The Hall–Kier alpha value is -0.0800. The van der Waals surface area contributed by atoms with Crippen LogP contribution in [0.3, 0.4) is 0 Å². The van der Waals surface area contributed by atoms with Gasteiger partial charge in [0.25, 0.3) is 0 Å². The summed E-state index contributed by atoms with van der Waals surface area (Å²) in [6.07, 6.45) is 6.98. The topological polar surface area (TPSA) is 15.3 Å². The molecule has 0 spiro atoms. The third kappa shape index (κ3) is 2.12. The predicted octanol–water partition coefficient (Wildman–Crippen LogP) is 1.86. The van der Waals surface area contributed by atoms with Crippen LogP contribution < -0.4 is 5.32 Å². The molecule has 0 bridgehead atoms. The summed E-state index contributed by atoms with van der Waals surface area (Å²) in [6, 6.07) is 1.72. The van der Waals surface area contributed by atoms with Crippen molar-refractivity contribution in [3.8, 4) is 0 Å². The molecule has 1 saturated heterocycles. The first-order valence-corrected chi connectivity index (χ1v) is 6.24. The maximum atomic E-state index is 3.40. The second kappa shape index (κ2) is 4.63. The highest BCUT2D eigenvalue weighted by Crippen LogP contribution is 2.29. The van der Waals surface area contributed by atoms with Crippen molar-refractivity contribution in [2.24, 2.45) is 5.92 Å². The molecule has 2 aliphatic rings. The Bertz CT molecular complexity index is 167. The van der Waals surface area contributed by atoms with Crippen LogP contribution in [0.2, 0.25) is 0 Å². The highest BCUT2D eigenvalue weighted by molar-refractivity contribution is 4.88. The predicted molar refractivity (Wildman–Crippen MR) is 60.5 cm³/mol. The van der Waals surface area contributed by atoms with Crippen LogP contribution in [-0.2, 0) is 0 Å². The first-order valence-electron chi connectivity index (χ1n) is 6.24. The van der Waals surface area contributed by atoms with Crippen molar-refractivity contribution < 1.29 is 0 Å². The van der Waals surface area contributed by atoms with E-state index in [0.717, 1.165) is 18.0 Å². The summed E-state index contributed by atoms with van der Waals surface area (Å²) in [4.78, 5) is 2.71. The van der Waals surface area contributed by atoms with Crippen molar-refractivity contribution in [3.63, 3.8) is 0 Å². The van der Waals surface area contributed by atoms with Crippen LogP contribution in [0.15, 0.2) is 0 Å². The first-order chi connectivity index (χ1) is 6.83. The summed E-state index contributed by atoms with van der Waals surface area (Å²) in [6.45, 7) is 5.08. The van der Waals surface area contributed by atoms with E-state index < -0.39 is 0 Å². The molecule has 14 heavy (non-hydrogen) atoms. The lowest BCUT2D eigenvalue weighted by Crippen LogP contribution is -2.53. The Morgan fingerprint density at radius 3 is 2.29 bits per heavy atom. The molecule has 0 radical (unpaired) electrons. The summed E-state index contributed by atoms with van der Waals surface area (Å²) in [5, 5.41) is 3.40. The summed E-state index contributed by atoms with van der Waals surface area (Å²) in [7, 11) is 2.10. The van der Waals surface area contributed by atoms with Crippen molar-refractivity contribution in [1.82, 2.24) is 10.2 Å². The molecule has 0 aromatic heterocycles. The van der Waals surface area contributed by atoms with Gasteiger partial charge in [0.1, 0.15) is 0 Å². The second-order valence-corrected chi connectivity index (χ2v) is 5.02. The molecule has 1 N–H and O–H groups in total. The molecule has 1 aliphatic heterocycles. The van der Waals surface area contributed by atoms with Gasteiger partial charge in [-0.3, -0.25) is 4.90 Å². The van der Waals surface area contributed by atoms with Crippen molar-refractivity contribution in [3.05, 3.63) is 0 Å². The highest BCUT2D eigenvalue weighted by Gasteiger charge is 2.32. The quantitative estimate of drug-likeness (QED) is 0.741. The molecule has 0 amide bonds. The molecule has 1 aliphatic carbocycles. The van der Waals surface area contributed by atoms with Gasteiger partial charge in [0.05, 0.1) is 0 Å². The van der Waals surface area contributed by atoms with E-state index in [1.165, 1.54) is 45.2 Å². The fraction of sp³-hybridized carbons (Fsp3) is 1.00. The molecule has 1 heterocycles. The maximum absolute atomic E-state index is 3.40. The van der Waals surface area contributed by atoms with Crippen LogP contribution in [0, 0.1) is 5.92 Å². The van der Waals surface area contributed by atoms with E-state index in [9.17, 15) is 0 Å². The normalized spacial score (nSPS) is 35.6. The van der Waals surface area contributed by atoms with Gasteiger partial charge >= 0.3 is 0 Å². The van der Waals surface area contributed by atoms with Gasteiger partial charge in [-0.15, -0.1) is 0 Å². The summed E-state index contributed by atoms with van der Waals surface area (Å²) in [5.74, 6) is 1.01. The largest absolute Gasteiger partial charge is 0.317 e. The van der Waals surface area contributed by atoms with E-state index >= 15 is 0 Å². The molecule has 2 heteroatoms. The van der Waals surface area contributed by atoms with Gasteiger partial charge in [0, 0.05) is 25.2 Å². The molecule has 82 valence electrons. The van der Waals surface area contributed by atoms with E-state index in [1.807, 2.05) is 0 Å². The average Bonchev–Trinajstić information content (AvgIpc) is 2.17. The molecule has 0 aromatic carbocycles. The summed E-state index contributed by atoms with van der Waals surface area (Å²) in [5.41, 5.74) is 0. The number of likely N-dealkylation sites (tertiary alicyclic amines) is 1. The fourth-order valence-electron chi connectivity index (χ4n) is 2.90. The van der Waals surface area contributed by atoms with E-state index in [2.05, 4.69) is 24.2 Å². The minimum Gasteiger partial charge on any atom is -0.317 e. The second-order valence-electron chi connectivity index (χ2n) is 5.02. The van der Waals surface area contributed by atoms with Gasteiger partial charge in [-0.2, -0.15) is 0 Å². The van der Waals surface area contributed by atoms with Crippen LogP contribution in [0.1, 0.15) is 39.0 Å². The monoisotopic (exact) mass is 196 g/mol. The number of rotatable bonds is 3. The lowest BCUT2D eigenvalue weighted by molar-refractivity contribution is 0.0299. The zero-order valence-corrected chi connectivity index (χ0v) is 9.63. The van der Waals surface area contributed by atoms with Crippen molar-refractivity contribution in [2.45, 2.75) is 51.1 Å². The minimum absolute atomic E-state index is 0.800. The van der Waals surface area contributed by atoms with E-state index in [-0.39, 0.29) is 0 Å². The Labute approximate surface area is 88.1 Å². The zero-order chi connectivity index (χ0) is 9.97. The van der Waals surface area contributed by atoms with Crippen LogP contribution in [0.4, 0.5) is 0 Å². The third-order valence-corrected chi connectivity index (χ3v) is 4.18. The number of hydrogen-bond acceptors (Lipinski definition) is 2. The zero-order valence-electron chi connectivity index (χ0n) is 9.63. The average molecular weight is 196 g/mol. The van der Waals surface area contributed by atoms with Crippen LogP contribution in [-0.4, -0.2) is 37.1 Å². The van der Waals surface area contributed by atoms with Crippen molar-refractivity contribution >= 4 is 0 Å². The van der Waals surface area contributed by atoms with Gasteiger partial charge in [0.15, 0.2) is 0 Å². The Morgan fingerprint density at radius 2 is 1.79 bits per heavy atom. The standard InChI is InChI=1S/C12H24N2/c1-3-10-8-14(9-10)12-6-4-11(13-2)5-7-12/h10-13H,3-9H2,1-2H3. The number of hydrogen-bond donors (Lipinski definition) is 1. The van der Waals surface area contributed by atoms with Gasteiger partial charge in [-0.1, -0.05) is 13.3 Å². The van der Waals surface area contributed by atoms with Gasteiger partial charge < -0.3 is 5.32 Å². The molecular weight excluding hydrogens is 172 g/mol. The summed E-state index contributed by atoms with van der Waals surface area (Å²) >= 11 is 0. The molecule has 1 saturated carbocycles. The smallest absolute Gasteiger partial charge is 0.00966 e. The highest BCUT2D eigenvalue weighted by atomic mass is 15.2. The Morgan fingerprint density at radius 1 is 1.14 bits per heavy atom. The summed E-state index contributed by atoms with van der Waals surface area (Å²) < 4.78 is 0. The Kier molecular flexibility index (Phi) is 3.45. The lowest BCUT2D eigenvalue weighted by Gasteiger charge is -2.46. The van der Waals surface area contributed by atoms with E-state index in [4.69, 9.17) is 0 Å².